The number of rotatable bonds is 4. The molecule has 0 aromatic carbocycles. The van der Waals surface area contributed by atoms with Gasteiger partial charge in [0.05, 0.1) is 17.8 Å². The van der Waals surface area contributed by atoms with Crippen LogP contribution in [-0.2, 0) is 6.54 Å². The molecule has 2 aromatic rings. The molecule has 0 aliphatic rings. The average Bonchev–Trinajstić information content (AvgIpc) is 2.89. The van der Waals surface area contributed by atoms with Crippen LogP contribution in [-0.4, -0.2) is 36.9 Å². The van der Waals surface area contributed by atoms with E-state index in [1.165, 1.54) is 18.3 Å². The van der Waals surface area contributed by atoms with Crippen LogP contribution in [0.25, 0.3) is 0 Å². The van der Waals surface area contributed by atoms with Crippen molar-refractivity contribution >= 4 is 28.7 Å². The van der Waals surface area contributed by atoms with Crippen molar-refractivity contribution in [3.05, 3.63) is 29.6 Å². The number of anilines is 1. The van der Waals surface area contributed by atoms with Crippen LogP contribution in [0, 0.1) is 0 Å². The molecule has 0 atom stereocenters. The van der Waals surface area contributed by atoms with Gasteiger partial charge in [0.25, 0.3) is 0 Å². The van der Waals surface area contributed by atoms with E-state index in [4.69, 9.17) is 5.11 Å². The second kappa shape index (κ2) is 5.82. The van der Waals surface area contributed by atoms with Crippen molar-refractivity contribution < 1.29 is 14.7 Å². The number of amides is 2. The number of urea groups is 1. The highest BCUT2D eigenvalue weighted by atomic mass is 32.1. The second-order valence-corrected chi connectivity index (χ2v) is 4.05. The van der Waals surface area contributed by atoms with Crippen LogP contribution < -0.4 is 10.6 Å². The zero-order chi connectivity index (χ0) is 13.7. The van der Waals surface area contributed by atoms with E-state index >= 15 is 0 Å². The molecule has 0 aliphatic heterocycles. The summed E-state index contributed by atoms with van der Waals surface area (Å²) in [4.78, 5) is 26.1. The molecule has 2 aromatic heterocycles. The van der Waals surface area contributed by atoms with Crippen molar-refractivity contribution in [2.45, 2.75) is 6.54 Å². The standard InChI is InChI=1S/C9H8N6O3S/c16-7(17)5-1-2-10-6(3-5)4-11-8(18)12-9-13-14-15-19-9/h1-3H,4H2,(H,16,17)(H2,11,12,13,15,18). The summed E-state index contributed by atoms with van der Waals surface area (Å²) in [5, 5.41) is 20.9. The minimum atomic E-state index is -1.05. The van der Waals surface area contributed by atoms with E-state index < -0.39 is 12.0 Å². The number of nitrogens with one attached hydrogen (secondary N) is 2. The summed E-state index contributed by atoms with van der Waals surface area (Å²) in [6, 6.07) is 2.26. The number of carbonyl (C=O) groups excluding carboxylic acids is 1. The number of carboxylic acid groups (broad SMARTS) is 1. The lowest BCUT2D eigenvalue weighted by molar-refractivity contribution is 0.0696. The molecule has 0 unspecified atom stereocenters. The lowest BCUT2D eigenvalue weighted by atomic mass is 10.2. The van der Waals surface area contributed by atoms with Gasteiger partial charge in [-0.25, -0.2) is 9.59 Å². The zero-order valence-electron chi connectivity index (χ0n) is 9.40. The van der Waals surface area contributed by atoms with Gasteiger partial charge in [-0.1, -0.05) is 9.59 Å². The first kappa shape index (κ1) is 12.8. The number of aromatic carboxylic acids is 1. The number of aromatic nitrogens is 4. The van der Waals surface area contributed by atoms with Gasteiger partial charge in [-0.15, -0.1) is 0 Å². The molecule has 3 N–H and O–H groups in total. The number of hydrogen-bond acceptors (Lipinski definition) is 7. The summed E-state index contributed by atoms with van der Waals surface area (Å²) in [6.45, 7) is 0.0964. The fourth-order valence-electron chi connectivity index (χ4n) is 1.20. The van der Waals surface area contributed by atoms with Gasteiger partial charge < -0.3 is 10.4 Å². The molecule has 0 fully saturated rings. The Labute approximate surface area is 110 Å². The van der Waals surface area contributed by atoms with Crippen LogP contribution >= 0.6 is 11.5 Å². The number of carboxylic acids is 1. The molecule has 0 saturated heterocycles. The number of pyridine rings is 1. The summed E-state index contributed by atoms with van der Waals surface area (Å²) in [7, 11) is 0. The number of nitrogens with zero attached hydrogens (tertiary/aromatic N) is 4. The van der Waals surface area contributed by atoms with Crippen LogP contribution in [0.5, 0.6) is 0 Å². The Kier molecular flexibility index (Phi) is 3.93. The fraction of sp³-hybridized carbons (Fsp3) is 0.111. The monoisotopic (exact) mass is 280 g/mol. The maximum Gasteiger partial charge on any atom is 0.335 e. The maximum atomic E-state index is 11.4. The lowest BCUT2D eigenvalue weighted by Gasteiger charge is -2.04. The lowest BCUT2D eigenvalue weighted by Crippen LogP contribution is -2.28. The molecule has 19 heavy (non-hydrogen) atoms. The molecule has 2 rings (SSSR count). The summed E-state index contributed by atoms with van der Waals surface area (Å²) >= 11 is 0.942. The van der Waals surface area contributed by atoms with Gasteiger partial charge in [-0.05, 0) is 17.3 Å². The third kappa shape index (κ3) is 3.67. The minimum absolute atomic E-state index is 0.0964. The highest BCUT2D eigenvalue weighted by Gasteiger charge is 2.07. The first-order valence-corrected chi connectivity index (χ1v) is 5.80. The molecule has 0 aliphatic carbocycles. The largest absolute Gasteiger partial charge is 0.478 e. The molecule has 0 bridgehead atoms. The van der Waals surface area contributed by atoms with Gasteiger partial charge in [-0.2, -0.15) is 0 Å². The Morgan fingerprint density at radius 3 is 2.95 bits per heavy atom. The van der Waals surface area contributed by atoms with Crippen molar-refractivity contribution in [3.63, 3.8) is 0 Å². The Morgan fingerprint density at radius 2 is 2.26 bits per heavy atom. The molecule has 9 nitrogen and oxygen atoms in total. The first-order chi connectivity index (χ1) is 9.15. The van der Waals surface area contributed by atoms with E-state index in [0.717, 1.165) is 11.5 Å². The highest BCUT2D eigenvalue weighted by Crippen LogP contribution is 2.04. The smallest absolute Gasteiger partial charge is 0.335 e. The van der Waals surface area contributed by atoms with E-state index in [1.54, 1.807) is 0 Å². The van der Waals surface area contributed by atoms with Crippen molar-refractivity contribution in [2.24, 2.45) is 0 Å². The van der Waals surface area contributed by atoms with E-state index in [0.29, 0.717) is 5.69 Å². The number of hydrogen-bond donors (Lipinski definition) is 3. The third-order valence-electron chi connectivity index (χ3n) is 2.01. The Morgan fingerprint density at radius 1 is 1.42 bits per heavy atom. The quantitative estimate of drug-likeness (QED) is 0.736. The summed E-state index contributed by atoms with van der Waals surface area (Å²) in [5.74, 6) is -1.05. The summed E-state index contributed by atoms with van der Waals surface area (Å²) in [6.07, 6.45) is 1.37. The molecular formula is C9H8N6O3S. The molecule has 0 spiro atoms. The molecule has 0 radical (unpaired) electrons. The van der Waals surface area contributed by atoms with Crippen molar-refractivity contribution in [3.8, 4) is 0 Å². The van der Waals surface area contributed by atoms with Gasteiger partial charge >= 0.3 is 12.0 Å². The molecule has 2 heterocycles. The average molecular weight is 280 g/mol. The predicted octanol–water partition coefficient (Wildman–Crippen LogP) is 0.348. The van der Waals surface area contributed by atoms with Crippen LogP contribution in [0.3, 0.4) is 0 Å². The Bertz CT molecular complexity index is 587. The van der Waals surface area contributed by atoms with E-state index in [2.05, 4.69) is 30.4 Å². The summed E-state index contributed by atoms with van der Waals surface area (Å²) < 4.78 is 3.48. The predicted molar refractivity (Wildman–Crippen MR) is 64.8 cm³/mol. The SMILES string of the molecule is O=C(NCc1cc(C(=O)O)ccn1)Nc1nnns1. The molecular weight excluding hydrogens is 272 g/mol. The van der Waals surface area contributed by atoms with Crippen LogP contribution in [0.4, 0.5) is 9.93 Å². The normalized spacial score (nSPS) is 9.89. The van der Waals surface area contributed by atoms with Crippen molar-refractivity contribution in [1.29, 1.82) is 0 Å². The molecule has 10 heteroatoms. The van der Waals surface area contributed by atoms with E-state index in [-0.39, 0.29) is 17.2 Å². The topological polar surface area (TPSA) is 130 Å². The minimum Gasteiger partial charge on any atom is -0.478 e. The first-order valence-electron chi connectivity index (χ1n) is 5.03. The fourth-order valence-corrected chi connectivity index (χ4v) is 1.56. The van der Waals surface area contributed by atoms with Gasteiger partial charge in [0.15, 0.2) is 0 Å². The van der Waals surface area contributed by atoms with Crippen LogP contribution in [0.1, 0.15) is 16.1 Å². The molecule has 98 valence electrons. The van der Waals surface area contributed by atoms with Gasteiger partial charge in [0.2, 0.25) is 5.13 Å². The van der Waals surface area contributed by atoms with Gasteiger partial charge in [0.1, 0.15) is 0 Å². The third-order valence-corrected chi connectivity index (χ3v) is 2.52. The molecule has 2 amide bonds. The van der Waals surface area contributed by atoms with E-state index in [9.17, 15) is 9.59 Å². The maximum absolute atomic E-state index is 11.4. The zero-order valence-corrected chi connectivity index (χ0v) is 10.2. The molecule has 0 saturated carbocycles. The number of carbonyl (C=O) groups is 2. The highest BCUT2D eigenvalue weighted by molar-refractivity contribution is 7.09. The Balaban J connectivity index is 1.89. The van der Waals surface area contributed by atoms with E-state index in [1.807, 2.05) is 0 Å². The van der Waals surface area contributed by atoms with Crippen LogP contribution in [0.15, 0.2) is 18.3 Å². The van der Waals surface area contributed by atoms with Gasteiger partial charge in [-0.3, -0.25) is 10.3 Å². The Hall–Kier alpha value is -2.62. The van der Waals surface area contributed by atoms with Gasteiger partial charge in [0, 0.05) is 17.7 Å². The van der Waals surface area contributed by atoms with Crippen LogP contribution in [0.2, 0.25) is 0 Å². The van der Waals surface area contributed by atoms with Crippen molar-refractivity contribution in [1.82, 2.24) is 25.1 Å². The summed E-state index contributed by atoms with van der Waals surface area (Å²) in [5.41, 5.74) is 0.547. The second-order valence-electron chi connectivity index (χ2n) is 3.32. The van der Waals surface area contributed by atoms with Crippen molar-refractivity contribution in [2.75, 3.05) is 5.32 Å².